The lowest BCUT2D eigenvalue weighted by Crippen LogP contribution is -2.29. The zero-order valence-electron chi connectivity index (χ0n) is 13.2. The van der Waals surface area contributed by atoms with E-state index >= 15 is 0 Å². The van der Waals surface area contributed by atoms with Crippen molar-refractivity contribution in [1.82, 2.24) is 14.0 Å². The van der Waals surface area contributed by atoms with E-state index in [1.807, 2.05) is 0 Å². The first-order valence-corrected chi connectivity index (χ1v) is 9.83. The third-order valence-electron chi connectivity index (χ3n) is 3.06. The molecule has 8 nitrogen and oxygen atoms in total. The quantitative estimate of drug-likeness (QED) is 0.749. The molecule has 0 atom stereocenters. The zero-order valence-corrected chi connectivity index (χ0v) is 14.8. The van der Waals surface area contributed by atoms with Gasteiger partial charge in [-0.05, 0) is 36.4 Å². The zero-order chi connectivity index (χ0) is 17.8. The van der Waals surface area contributed by atoms with Crippen LogP contribution in [0.15, 0.2) is 53.6 Å². The monoisotopic (exact) mass is 370 g/mol. The van der Waals surface area contributed by atoms with Gasteiger partial charge in [-0.15, -0.1) is 0 Å². The van der Waals surface area contributed by atoms with Crippen LogP contribution >= 0.6 is 0 Å². The second-order valence-electron chi connectivity index (χ2n) is 5.06. The number of anilines is 1. The Balaban J connectivity index is 2.09. The largest absolute Gasteiger partial charge is 0.301 e. The van der Waals surface area contributed by atoms with Gasteiger partial charge >= 0.3 is 10.2 Å². The van der Waals surface area contributed by atoms with Gasteiger partial charge in [0.15, 0.2) is 0 Å². The summed E-state index contributed by atoms with van der Waals surface area (Å²) in [5.74, 6) is 0. The molecule has 1 aromatic carbocycles. The highest BCUT2D eigenvalue weighted by Crippen LogP contribution is 2.16. The summed E-state index contributed by atoms with van der Waals surface area (Å²) < 4.78 is 53.7. The lowest BCUT2D eigenvalue weighted by atomic mass is 10.3. The molecule has 0 fully saturated rings. The van der Waals surface area contributed by atoms with Crippen molar-refractivity contribution in [2.45, 2.75) is 11.4 Å². The molecule has 0 bridgehead atoms. The second-order valence-corrected chi connectivity index (χ2v) is 8.71. The molecular weight excluding hydrogens is 352 g/mol. The van der Waals surface area contributed by atoms with Crippen molar-refractivity contribution in [3.63, 3.8) is 0 Å². The molecule has 0 aliphatic heterocycles. The first-order valence-electron chi connectivity index (χ1n) is 6.90. The van der Waals surface area contributed by atoms with Crippen LogP contribution in [0.1, 0.15) is 5.69 Å². The van der Waals surface area contributed by atoms with E-state index in [0.717, 1.165) is 4.31 Å². The van der Waals surface area contributed by atoms with Gasteiger partial charge in [-0.2, -0.15) is 12.7 Å². The third kappa shape index (κ3) is 4.74. The van der Waals surface area contributed by atoms with E-state index in [-0.39, 0.29) is 17.1 Å². The van der Waals surface area contributed by atoms with Gasteiger partial charge in [0, 0.05) is 26.0 Å². The van der Waals surface area contributed by atoms with Crippen molar-refractivity contribution in [3.05, 3.63) is 54.4 Å². The van der Waals surface area contributed by atoms with Gasteiger partial charge in [-0.3, -0.25) is 9.71 Å². The minimum atomic E-state index is -3.71. The van der Waals surface area contributed by atoms with E-state index in [2.05, 4.69) is 14.4 Å². The molecule has 0 saturated carbocycles. The highest BCUT2D eigenvalue weighted by molar-refractivity contribution is 7.90. The average Bonchev–Trinajstić information content (AvgIpc) is 2.54. The van der Waals surface area contributed by atoms with Crippen molar-refractivity contribution in [2.24, 2.45) is 0 Å². The molecule has 0 spiro atoms. The average molecular weight is 370 g/mol. The van der Waals surface area contributed by atoms with Gasteiger partial charge in [0.1, 0.15) is 0 Å². The van der Waals surface area contributed by atoms with Crippen LogP contribution < -0.4 is 9.44 Å². The first-order chi connectivity index (χ1) is 11.2. The van der Waals surface area contributed by atoms with Gasteiger partial charge in [-0.25, -0.2) is 13.1 Å². The Hall–Kier alpha value is -2.01. The molecule has 0 radical (unpaired) electrons. The van der Waals surface area contributed by atoms with Gasteiger partial charge in [0.05, 0.1) is 17.1 Å². The van der Waals surface area contributed by atoms with Crippen LogP contribution in [0.4, 0.5) is 5.69 Å². The standard InChI is InChI=1S/C14H18N4O4S2/c1-18(2)24(21,22)17-12-6-8-14(9-7-12)23(19,20)16-11-13-5-3-4-10-15-13/h3-10,16-17H,11H2,1-2H3. The van der Waals surface area contributed by atoms with Crippen LogP contribution in [0.5, 0.6) is 0 Å². The molecule has 0 amide bonds. The van der Waals surface area contributed by atoms with Crippen molar-refractivity contribution < 1.29 is 16.8 Å². The summed E-state index contributed by atoms with van der Waals surface area (Å²) >= 11 is 0. The maximum atomic E-state index is 12.2. The van der Waals surface area contributed by atoms with Crippen molar-refractivity contribution in [2.75, 3.05) is 18.8 Å². The fourth-order valence-electron chi connectivity index (χ4n) is 1.70. The van der Waals surface area contributed by atoms with Crippen LogP contribution in [-0.2, 0) is 26.8 Å². The maximum absolute atomic E-state index is 12.2. The van der Waals surface area contributed by atoms with Gasteiger partial charge in [0.25, 0.3) is 0 Å². The normalized spacial score (nSPS) is 12.3. The summed E-state index contributed by atoms with van der Waals surface area (Å²) in [6.45, 7) is 0.0676. The third-order valence-corrected chi connectivity index (χ3v) is 5.93. The van der Waals surface area contributed by atoms with E-state index in [0.29, 0.717) is 5.69 Å². The summed E-state index contributed by atoms with van der Waals surface area (Å²) in [5, 5.41) is 0. The minimum absolute atomic E-state index is 0.0335. The summed E-state index contributed by atoms with van der Waals surface area (Å²) in [7, 11) is -4.57. The lowest BCUT2D eigenvalue weighted by molar-refractivity contribution is 0.527. The molecule has 24 heavy (non-hydrogen) atoms. The molecular formula is C14H18N4O4S2. The highest BCUT2D eigenvalue weighted by Gasteiger charge is 2.16. The van der Waals surface area contributed by atoms with Crippen molar-refractivity contribution >= 4 is 25.9 Å². The molecule has 1 aromatic heterocycles. The Labute approximate surface area is 141 Å². The first kappa shape index (κ1) is 18.3. The number of aromatic nitrogens is 1. The van der Waals surface area contributed by atoms with Crippen LogP contribution in [-0.4, -0.2) is 40.2 Å². The molecule has 0 aliphatic rings. The van der Waals surface area contributed by atoms with E-state index < -0.39 is 20.2 Å². The van der Waals surface area contributed by atoms with Crippen LogP contribution in [0.3, 0.4) is 0 Å². The maximum Gasteiger partial charge on any atom is 0.301 e. The molecule has 1 heterocycles. The Bertz CT molecular complexity index is 880. The van der Waals surface area contributed by atoms with Crippen LogP contribution in [0, 0.1) is 0 Å². The predicted octanol–water partition coefficient (Wildman–Crippen LogP) is 0.778. The number of hydrogen-bond donors (Lipinski definition) is 2. The van der Waals surface area contributed by atoms with Gasteiger partial charge in [-0.1, -0.05) is 6.07 Å². The molecule has 130 valence electrons. The van der Waals surface area contributed by atoms with E-state index in [1.165, 1.54) is 38.4 Å². The van der Waals surface area contributed by atoms with Crippen LogP contribution in [0.25, 0.3) is 0 Å². The number of benzene rings is 1. The predicted molar refractivity (Wildman–Crippen MR) is 90.9 cm³/mol. The van der Waals surface area contributed by atoms with Gasteiger partial charge in [0.2, 0.25) is 10.0 Å². The fraction of sp³-hybridized carbons (Fsp3) is 0.214. The van der Waals surface area contributed by atoms with E-state index in [1.54, 1.807) is 24.4 Å². The second kappa shape index (κ2) is 7.26. The number of hydrogen-bond acceptors (Lipinski definition) is 5. The number of nitrogens with one attached hydrogen (secondary N) is 2. The smallest absolute Gasteiger partial charge is 0.271 e. The van der Waals surface area contributed by atoms with Crippen LogP contribution in [0.2, 0.25) is 0 Å². The molecule has 0 unspecified atom stereocenters. The summed E-state index contributed by atoms with van der Waals surface area (Å²) in [4.78, 5) is 4.07. The molecule has 0 saturated heterocycles. The topological polar surface area (TPSA) is 108 Å². The Morgan fingerprint density at radius 3 is 2.21 bits per heavy atom. The summed E-state index contributed by atoms with van der Waals surface area (Å²) in [5.41, 5.74) is 0.865. The molecule has 2 rings (SSSR count). The minimum Gasteiger partial charge on any atom is -0.271 e. The SMILES string of the molecule is CN(C)S(=O)(=O)Nc1ccc(S(=O)(=O)NCc2ccccn2)cc1. The van der Waals surface area contributed by atoms with Gasteiger partial charge < -0.3 is 0 Å². The number of nitrogens with zero attached hydrogens (tertiary/aromatic N) is 2. The van der Waals surface area contributed by atoms with E-state index in [4.69, 9.17) is 0 Å². The van der Waals surface area contributed by atoms with Crippen molar-refractivity contribution in [3.8, 4) is 0 Å². The lowest BCUT2D eigenvalue weighted by Gasteiger charge is -2.13. The fourth-order valence-corrected chi connectivity index (χ4v) is 3.31. The van der Waals surface area contributed by atoms with Crippen molar-refractivity contribution in [1.29, 1.82) is 0 Å². The molecule has 2 N–H and O–H groups in total. The summed E-state index contributed by atoms with van der Waals surface area (Å²) in [6, 6.07) is 10.6. The molecule has 2 aromatic rings. The number of rotatable bonds is 7. The summed E-state index contributed by atoms with van der Waals surface area (Å²) in [6.07, 6.45) is 1.58. The highest BCUT2D eigenvalue weighted by atomic mass is 32.2. The Morgan fingerprint density at radius 2 is 1.67 bits per heavy atom. The Kier molecular flexibility index (Phi) is 5.54. The molecule has 0 aliphatic carbocycles. The number of sulfonamides is 1. The molecule has 10 heteroatoms. The van der Waals surface area contributed by atoms with E-state index in [9.17, 15) is 16.8 Å². The Morgan fingerprint density at radius 1 is 1.00 bits per heavy atom. The number of pyridine rings is 1.